The van der Waals surface area contributed by atoms with Crippen LogP contribution in [0.4, 0.5) is 5.69 Å². The Kier molecular flexibility index (Phi) is 6.36. The number of anilines is 1. The number of aromatic nitrogens is 3. The van der Waals surface area contributed by atoms with E-state index in [1.165, 1.54) is 11.8 Å². The van der Waals surface area contributed by atoms with Crippen LogP contribution in [0, 0.1) is 0 Å². The van der Waals surface area contributed by atoms with Gasteiger partial charge in [0.1, 0.15) is 0 Å². The van der Waals surface area contributed by atoms with Crippen molar-refractivity contribution in [1.29, 1.82) is 0 Å². The lowest BCUT2D eigenvalue weighted by molar-refractivity contribution is -0.115. The molecule has 0 aliphatic carbocycles. The summed E-state index contributed by atoms with van der Waals surface area (Å²) in [5, 5.41) is 9.82. The third-order valence-electron chi connectivity index (χ3n) is 3.97. The van der Waals surface area contributed by atoms with E-state index in [1.54, 1.807) is 35.8 Å². The second-order valence-corrected chi connectivity index (χ2v) is 7.64. The zero-order valence-corrected chi connectivity index (χ0v) is 16.3. The molecule has 8 heteroatoms. The number of thioether (sulfide) groups is 1. The normalized spacial score (nSPS) is 11.9. The second kappa shape index (κ2) is 8.92. The van der Waals surface area contributed by atoms with Crippen molar-refractivity contribution in [2.45, 2.75) is 30.3 Å². The van der Waals surface area contributed by atoms with Crippen molar-refractivity contribution in [2.75, 3.05) is 5.32 Å². The van der Waals surface area contributed by atoms with Crippen LogP contribution < -0.4 is 11.0 Å². The number of carbonyl (C=O) groups excluding carboxylic acids is 1. The molecule has 1 atom stereocenters. The van der Waals surface area contributed by atoms with Gasteiger partial charge in [0.05, 0.1) is 16.0 Å². The van der Waals surface area contributed by atoms with Crippen LogP contribution in [0.25, 0.3) is 0 Å². The van der Waals surface area contributed by atoms with Crippen LogP contribution in [0.1, 0.15) is 12.5 Å². The van der Waals surface area contributed by atoms with E-state index in [9.17, 15) is 9.59 Å². The van der Waals surface area contributed by atoms with Gasteiger partial charge in [0, 0.05) is 6.54 Å². The van der Waals surface area contributed by atoms with Crippen molar-refractivity contribution in [3.8, 4) is 0 Å². The van der Waals surface area contributed by atoms with Gasteiger partial charge in [-0.15, -0.1) is 5.10 Å². The Bertz CT molecular complexity index is 971. The van der Waals surface area contributed by atoms with E-state index in [0.717, 1.165) is 5.56 Å². The van der Waals surface area contributed by atoms with E-state index >= 15 is 0 Å². The molecule has 0 bridgehead atoms. The maximum absolute atomic E-state index is 12.5. The summed E-state index contributed by atoms with van der Waals surface area (Å²) in [5.41, 5.74) is 1.40. The fraction of sp³-hybridized carbons (Fsp3) is 0.211. The maximum Gasteiger partial charge on any atom is 0.343 e. The first-order chi connectivity index (χ1) is 13.0. The maximum atomic E-state index is 12.5. The van der Waals surface area contributed by atoms with E-state index in [1.807, 2.05) is 30.3 Å². The molecule has 27 heavy (non-hydrogen) atoms. The Morgan fingerprint density at radius 3 is 2.67 bits per heavy atom. The molecule has 140 valence electrons. The lowest BCUT2D eigenvalue weighted by atomic mass is 10.1. The number of nitrogens with zero attached hydrogens (tertiary/aromatic N) is 2. The van der Waals surface area contributed by atoms with Crippen LogP contribution in [0.2, 0.25) is 5.02 Å². The zero-order valence-electron chi connectivity index (χ0n) is 14.7. The summed E-state index contributed by atoms with van der Waals surface area (Å²) in [4.78, 5) is 24.5. The monoisotopic (exact) mass is 402 g/mol. The van der Waals surface area contributed by atoms with Crippen LogP contribution >= 0.6 is 23.4 Å². The van der Waals surface area contributed by atoms with E-state index < -0.39 is 5.25 Å². The third kappa shape index (κ3) is 5.02. The lowest BCUT2D eigenvalue weighted by Crippen LogP contribution is -2.24. The number of nitrogens with one attached hydrogen (secondary N) is 2. The average molecular weight is 403 g/mol. The number of hydrogen-bond donors (Lipinski definition) is 2. The summed E-state index contributed by atoms with van der Waals surface area (Å²) in [6, 6.07) is 16.9. The molecule has 3 rings (SSSR count). The van der Waals surface area contributed by atoms with Gasteiger partial charge in [0.15, 0.2) is 5.16 Å². The highest BCUT2D eigenvalue weighted by Crippen LogP contribution is 2.24. The van der Waals surface area contributed by atoms with Gasteiger partial charge < -0.3 is 5.32 Å². The third-order valence-corrected chi connectivity index (χ3v) is 5.39. The summed E-state index contributed by atoms with van der Waals surface area (Å²) in [6.07, 6.45) is 0.702. The molecule has 1 amide bonds. The second-order valence-electron chi connectivity index (χ2n) is 5.93. The summed E-state index contributed by atoms with van der Waals surface area (Å²) in [5.74, 6) is -0.210. The first-order valence-electron chi connectivity index (χ1n) is 8.46. The van der Waals surface area contributed by atoms with Crippen molar-refractivity contribution >= 4 is 35.0 Å². The lowest BCUT2D eigenvalue weighted by Gasteiger charge is -2.13. The largest absolute Gasteiger partial charge is 0.343 e. The van der Waals surface area contributed by atoms with Crippen LogP contribution in [-0.2, 0) is 17.8 Å². The minimum absolute atomic E-state index is 0.210. The van der Waals surface area contributed by atoms with Gasteiger partial charge in [-0.25, -0.2) is 9.89 Å². The fourth-order valence-electron chi connectivity index (χ4n) is 2.48. The van der Waals surface area contributed by atoms with Crippen LogP contribution in [0.3, 0.4) is 0 Å². The van der Waals surface area contributed by atoms with Crippen molar-refractivity contribution in [2.24, 2.45) is 0 Å². The molecule has 0 spiro atoms. The van der Waals surface area contributed by atoms with Crippen molar-refractivity contribution in [3.05, 3.63) is 75.7 Å². The number of rotatable bonds is 7. The minimum atomic E-state index is -0.452. The molecule has 0 aliphatic heterocycles. The van der Waals surface area contributed by atoms with E-state index in [2.05, 4.69) is 15.5 Å². The topological polar surface area (TPSA) is 79.8 Å². The summed E-state index contributed by atoms with van der Waals surface area (Å²) in [7, 11) is 0. The highest BCUT2D eigenvalue weighted by atomic mass is 35.5. The van der Waals surface area contributed by atoms with Crippen LogP contribution in [0.15, 0.2) is 64.5 Å². The Morgan fingerprint density at radius 1 is 1.22 bits per heavy atom. The minimum Gasteiger partial charge on any atom is -0.324 e. The first kappa shape index (κ1) is 19.3. The van der Waals surface area contributed by atoms with Gasteiger partial charge in [0.2, 0.25) is 5.91 Å². The molecule has 0 saturated carbocycles. The molecule has 0 aliphatic rings. The molecule has 2 N–H and O–H groups in total. The number of benzene rings is 2. The summed E-state index contributed by atoms with van der Waals surface area (Å²) < 4.78 is 1.55. The Labute approximate surface area is 165 Å². The molecule has 0 fully saturated rings. The summed E-state index contributed by atoms with van der Waals surface area (Å²) >= 11 is 7.30. The van der Waals surface area contributed by atoms with E-state index in [-0.39, 0.29) is 11.6 Å². The highest BCUT2D eigenvalue weighted by Gasteiger charge is 2.19. The predicted molar refractivity (Wildman–Crippen MR) is 108 cm³/mol. The SMILES string of the molecule is C[C@H](Sc1n[nH]c(=O)n1CCc1ccccc1)C(=O)Nc1ccccc1Cl. The summed E-state index contributed by atoms with van der Waals surface area (Å²) in [6.45, 7) is 2.25. The van der Waals surface area contributed by atoms with Gasteiger partial charge in [-0.05, 0) is 31.0 Å². The number of hydrogen-bond acceptors (Lipinski definition) is 4. The number of H-pyrrole nitrogens is 1. The molecule has 0 radical (unpaired) electrons. The predicted octanol–water partition coefficient (Wildman–Crippen LogP) is 3.59. The molecule has 2 aromatic carbocycles. The van der Waals surface area contributed by atoms with Crippen molar-refractivity contribution in [3.63, 3.8) is 0 Å². The molecule has 0 saturated heterocycles. The molecule has 6 nitrogen and oxygen atoms in total. The molecular formula is C19H19ClN4O2S. The molecule has 1 heterocycles. The van der Waals surface area contributed by atoms with Gasteiger partial charge in [-0.2, -0.15) is 0 Å². The Morgan fingerprint density at radius 2 is 1.93 bits per heavy atom. The van der Waals surface area contributed by atoms with Crippen molar-refractivity contribution in [1.82, 2.24) is 14.8 Å². The zero-order chi connectivity index (χ0) is 19.2. The number of aryl methyl sites for hydroxylation is 1. The van der Waals surface area contributed by atoms with Crippen LogP contribution in [0.5, 0.6) is 0 Å². The fourth-order valence-corrected chi connectivity index (χ4v) is 3.55. The Balaban J connectivity index is 1.65. The number of halogens is 1. The number of para-hydroxylation sites is 1. The van der Waals surface area contributed by atoms with E-state index in [0.29, 0.717) is 28.8 Å². The Hall–Kier alpha value is -2.51. The molecule has 3 aromatic rings. The molecule has 1 aromatic heterocycles. The van der Waals surface area contributed by atoms with Gasteiger partial charge >= 0.3 is 5.69 Å². The highest BCUT2D eigenvalue weighted by molar-refractivity contribution is 8.00. The number of aromatic amines is 1. The first-order valence-corrected chi connectivity index (χ1v) is 9.71. The molecular weight excluding hydrogens is 384 g/mol. The standard InChI is InChI=1S/C19H19ClN4O2S/c1-13(17(25)21-16-10-6-5-9-15(16)20)27-19-23-22-18(26)24(19)12-11-14-7-3-2-4-8-14/h2-10,13H,11-12H2,1H3,(H,21,25)(H,22,26)/t13-/m0/s1. The van der Waals surface area contributed by atoms with E-state index in [4.69, 9.17) is 11.6 Å². The van der Waals surface area contributed by atoms with Gasteiger partial charge in [0.25, 0.3) is 0 Å². The smallest absolute Gasteiger partial charge is 0.324 e. The average Bonchev–Trinajstić information content (AvgIpc) is 3.02. The number of amides is 1. The van der Waals surface area contributed by atoms with Crippen molar-refractivity contribution < 1.29 is 4.79 Å². The van der Waals surface area contributed by atoms with Gasteiger partial charge in [-0.3, -0.25) is 9.36 Å². The molecule has 0 unspecified atom stereocenters. The quantitative estimate of drug-likeness (QED) is 0.592. The van der Waals surface area contributed by atoms with Crippen LogP contribution in [-0.4, -0.2) is 25.9 Å². The number of carbonyl (C=O) groups is 1. The van der Waals surface area contributed by atoms with Gasteiger partial charge in [-0.1, -0.05) is 65.8 Å².